The molecule has 0 aliphatic rings. The lowest BCUT2D eigenvalue weighted by Gasteiger charge is -2.03. The van der Waals surface area contributed by atoms with Crippen molar-refractivity contribution in [2.24, 2.45) is 0 Å². The van der Waals surface area contributed by atoms with E-state index in [1.807, 2.05) is 54.8 Å². The summed E-state index contributed by atoms with van der Waals surface area (Å²) in [7, 11) is 0. The fourth-order valence-electron chi connectivity index (χ4n) is 3.02. The van der Waals surface area contributed by atoms with Gasteiger partial charge in [0.15, 0.2) is 10.8 Å². The van der Waals surface area contributed by atoms with Crippen LogP contribution in [0, 0.1) is 0 Å². The van der Waals surface area contributed by atoms with Gasteiger partial charge in [0.05, 0.1) is 16.3 Å². The monoisotopic (exact) mass is 448 g/mol. The molecule has 4 rings (SSSR count). The van der Waals surface area contributed by atoms with E-state index in [0.717, 1.165) is 32.3 Å². The Morgan fingerprint density at radius 2 is 1.90 bits per heavy atom. The summed E-state index contributed by atoms with van der Waals surface area (Å²) in [5.41, 5.74) is 1.55. The van der Waals surface area contributed by atoms with Crippen LogP contribution in [0.15, 0.2) is 53.9 Å². The minimum atomic E-state index is -4.45. The maximum atomic E-state index is 13.1. The van der Waals surface area contributed by atoms with Gasteiger partial charge in [-0.1, -0.05) is 25.1 Å². The standard InChI is InChI=1S/C21H19F3N4S2/c1-2-10-28-17(12-19(27-28)21(22,23)24)18-9-8-16(30-18)11-15-13-29-20(26-15)25-14-6-4-3-5-7-14/h3-9,12-13H,2,10-11H2,1H3,(H,25,26). The summed E-state index contributed by atoms with van der Waals surface area (Å²) in [5, 5.41) is 9.84. The van der Waals surface area contributed by atoms with Gasteiger partial charge in [0.1, 0.15) is 0 Å². The lowest BCUT2D eigenvalue weighted by molar-refractivity contribution is -0.141. The van der Waals surface area contributed by atoms with Crippen LogP contribution < -0.4 is 5.32 Å². The number of hydrogen-bond acceptors (Lipinski definition) is 5. The Morgan fingerprint density at radius 3 is 2.63 bits per heavy atom. The summed E-state index contributed by atoms with van der Waals surface area (Å²) >= 11 is 3.00. The maximum absolute atomic E-state index is 13.1. The number of nitrogens with one attached hydrogen (secondary N) is 1. The first kappa shape index (κ1) is 20.6. The van der Waals surface area contributed by atoms with Crippen molar-refractivity contribution in [3.05, 3.63) is 70.2 Å². The van der Waals surface area contributed by atoms with Crippen LogP contribution in [0.5, 0.6) is 0 Å². The van der Waals surface area contributed by atoms with Crippen LogP contribution in [-0.4, -0.2) is 14.8 Å². The largest absolute Gasteiger partial charge is 0.435 e. The molecule has 4 aromatic rings. The number of thiophene rings is 1. The van der Waals surface area contributed by atoms with E-state index in [4.69, 9.17) is 0 Å². The Morgan fingerprint density at radius 1 is 1.10 bits per heavy atom. The summed E-state index contributed by atoms with van der Waals surface area (Å²) < 4.78 is 40.8. The van der Waals surface area contributed by atoms with Crippen molar-refractivity contribution in [3.8, 4) is 10.6 Å². The molecule has 1 aromatic carbocycles. The van der Waals surface area contributed by atoms with E-state index in [9.17, 15) is 13.2 Å². The highest BCUT2D eigenvalue weighted by Gasteiger charge is 2.35. The van der Waals surface area contributed by atoms with Gasteiger partial charge in [0.2, 0.25) is 0 Å². The van der Waals surface area contributed by atoms with Gasteiger partial charge in [0, 0.05) is 28.9 Å². The highest BCUT2D eigenvalue weighted by atomic mass is 32.1. The number of benzene rings is 1. The van der Waals surface area contributed by atoms with Crippen LogP contribution in [0.4, 0.5) is 24.0 Å². The summed E-state index contributed by atoms with van der Waals surface area (Å²) in [6.45, 7) is 2.36. The second kappa shape index (κ2) is 8.61. The van der Waals surface area contributed by atoms with Gasteiger partial charge in [-0.3, -0.25) is 4.68 Å². The predicted molar refractivity (Wildman–Crippen MR) is 115 cm³/mol. The highest BCUT2D eigenvalue weighted by Crippen LogP contribution is 2.35. The van der Waals surface area contributed by atoms with E-state index in [1.54, 1.807) is 0 Å². The van der Waals surface area contributed by atoms with E-state index >= 15 is 0 Å². The molecular formula is C21H19F3N4S2. The number of para-hydroxylation sites is 1. The molecule has 30 heavy (non-hydrogen) atoms. The van der Waals surface area contributed by atoms with E-state index in [-0.39, 0.29) is 0 Å². The molecule has 0 saturated heterocycles. The highest BCUT2D eigenvalue weighted by molar-refractivity contribution is 7.15. The van der Waals surface area contributed by atoms with Crippen molar-refractivity contribution in [2.45, 2.75) is 32.5 Å². The zero-order valence-corrected chi connectivity index (χ0v) is 17.7. The summed E-state index contributed by atoms with van der Waals surface area (Å²) in [6, 6.07) is 14.8. The molecule has 0 bridgehead atoms. The van der Waals surface area contributed by atoms with Crippen molar-refractivity contribution in [2.75, 3.05) is 5.32 Å². The van der Waals surface area contributed by atoms with Crippen molar-refractivity contribution >= 4 is 33.5 Å². The smallest absolute Gasteiger partial charge is 0.332 e. The Kier molecular flexibility index (Phi) is 5.92. The summed E-state index contributed by atoms with van der Waals surface area (Å²) in [4.78, 5) is 6.43. The van der Waals surface area contributed by atoms with E-state index in [0.29, 0.717) is 25.1 Å². The van der Waals surface area contributed by atoms with Crippen molar-refractivity contribution in [3.63, 3.8) is 0 Å². The second-order valence-corrected chi connectivity index (χ2v) is 8.74. The molecule has 3 heterocycles. The van der Waals surface area contributed by atoms with E-state index in [1.165, 1.54) is 27.4 Å². The molecule has 4 nitrogen and oxygen atoms in total. The zero-order chi connectivity index (χ0) is 21.1. The molecule has 1 N–H and O–H groups in total. The number of halogens is 3. The third-order valence-corrected chi connectivity index (χ3v) is 6.27. The lowest BCUT2D eigenvalue weighted by atomic mass is 10.2. The molecular weight excluding hydrogens is 429 g/mol. The van der Waals surface area contributed by atoms with Crippen LogP contribution in [0.2, 0.25) is 0 Å². The molecule has 3 aromatic heterocycles. The van der Waals surface area contributed by atoms with Gasteiger partial charge in [-0.2, -0.15) is 18.3 Å². The Balaban J connectivity index is 1.51. The normalized spacial score (nSPS) is 11.7. The molecule has 0 atom stereocenters. The average Bonchev–Trinajstić information content (AvgIpc) is 3.43. The first-order valence-corrected chi connectivity index (χ1v) is 11.1. The average molecular weight is 449 g/mol. The fourth-order valence-corrected chi connectivity index (χ4v) is 4.79. The van der Waals surface area contributed by atoms with Crippen LogP contribution in [-0.2, 0) is 19.1 Å². The molecule has 0 spiro atoms. The van der Waals surface area contributed by atoms with Gasteiger partial charge in [-0.05, 0) is 36.8 Å². The lowest BCUT2D eigenvalue weighted by Crippen LogP contribution is -2.08. The Labute approximate surface area is 180 Å². The SMILES string of the molecule is CCCn1nc(C(F)(F)F)cc1-c1ccc(Cc2csc(Nc3ccccc3)n2)s1. The number of thiazole rings is 1. The molecule has 0 aliphatic carbocycles. The van der Waals surface area contributed by atoms with Gasteiger partial charge in [-0.15, -0.1) is 22.7 Å². The third-order valence-electron chi connectivity index (χ3n) is 4.35. The van der Waals surface area contributed by atoms with Crippen molar-refractivity contribution in [1.29, 1.82) is 0 Å². The minimum absolute atomic E-state index is 0.444. The van der Waals surface area contributed by atoms with Gasteiger partial charge >= 0.3 is 6.18 Å². The van der Waals surface area contributed by atoms with Gasteiger partial charge in [0.25, 0.3) is 0 Å². The fraction of sp³-hybridized carbons (Fsp3) is 0.238. The molecule has 156 valence electrons. The van der Waals surface area contributed by atoms with Gasteiger partial charge < -0.3 is 5.32 Å². The van der Waals surface area contributed by atoms with Crippen LogP contribution in [0.3, 0.4) is 0 Å². The summed E-state index contributed by atoms with van der Waals surface area (Å²) in [6.07, 6.45) is -3.11. The first-order chi connectivity index (χ1) is 14.4. The van der Waals surface area contributed by atoms with E-state index < -0.39 is 11.9 Å². The van der Waals surface area contributed by atoms with Crippen LogP contribution >= 0.6 is 22.7 Å². The quantitative estimate of drug-likeness (QED) is 0.337. The molecule has 0 radical (unpaired) electrons. The molecule has 9 heteroatoms. The molecule has 0 unspecified atom stereocenters. The Bertz CT molecular complexity index is 1110. The third kappa shape index (κ3) is 4.73. The maximum Gasteiger partial charge on any atom is 0.435 e. The molecule has 0 fully saturated rings. The predicted octanol–water partition coefficient (Wildman–Crippen LogP) is 6.83. The number of aromatic nitrogens is 3. The van der Waals surface area contributed by atoms with Crippen LogP contribution in [0.1, 0.15) is 29.6 Å². The molecule has 0 saturated carbocycles. The Hall–Kier alpha value is -2.65. The second-order valence-electron chi connectivity index (χ2n) is 6.71. The zero-order valence-electron chi connectivity index (χ0n) is 16.1. The number of hydrogen-bond donors (Lipinski definition) is 1. The summed E-state index contributed by atoms with van der Waals surface area (Å²) in [5.74, 6) is 0. The van der Waals surface area contributed by atoms with Crippen molar-refractivity contribution < 1.29 is 13.2 Å². The number of nitrogens with zero attached hydrogens (tertiary/aromatic N) is 3. The number of rotatable bonds is 7. The minimum Gasteiger partial charge on any atom is -0.332 e. The van der Waals surface area contributed by atoms with E-state index in [2.05, 4.69) is 15.4 Å². The number of alkyl halides is 3. The number of aryl methyl sites for hydroxylation is 1. The van der Waals surface area contributed by atoms with Crippen molar-refractivity contribution in [1.82, 2.24) is 14.8 Å². The number of anilines is 2. The first-order valence-electron chi connectivity index (χ1n) is 9.43. The molecule has 0 amide bonds. The van der Waals surface area contributed by atoms with Crippen LogP contribution in [0.25, 0.3) is 10.6 Å². The topological polar surface area (TPSA) is 42.7 Å². The molecule has 0 aliphatic heterocycles. The van der Waals surface area contributed by atoms with Gasteiger partial charge in [-0.25, -0.2) is 4.98 Å².